The first-order chi connectivity index (χ1) is 17.5. The van der Waals surface area contributed by atoms with Gasteiger partial charge in [-0.05, 0) is 61.5 Å². The Bertz CT molecular complexity index is 1330. The number of nitrogens with zero attached hydrogens (tertiary/aromatic N) is 2. The van der Waals surface area contributed by atoms with Crippen molar-refractivity contribution in [2.24, 2.45) is 5.41 Å². The quantitative estimate of drug-likeness (QED) is 0.405. The Hall–Kier alpha value is -4.34. The topological polar surface area (TPSA) is 122 Å². The number of nitrogens with one attached hydrogen (secondary N) is 3. The van der Waals surface area contributed by atoms with Gasteiger partial charge in [-0.25, -0.2) is 9.07 Å². The van der Waals surface area contributed by atoms with Gasteiger partial charge in [0.1, 0.15) is 11.9 Å². The molecule has 0 radical (unpaired) electrons. The molecule has 1 heterocycles. The summed E-state index contributed by atoms with van der Waals surface area (Å²) in [6, 6.07) is 14.0. The summed E-state index contributed by atoms with van der Waals surface area (Å²) in [5.41, 5.74) is 1.04. The Morgan fingerprint density at radius 1 is 0.919 bits per heavy atom. The summed E-state index contributed by atoms with van der Waals surface area (Å²) in [6.07, 6.45) is 0. The van der Waals surface area contributed by atoms with Crippen LogP contribution in [0.15, 0.2) is 65.5 Å². The predicted molar refractivity (Wildman–Crippen MR) is 138 cm³/mol. The third-order valence-electron chi connectivity index (χ3n) is 5.51. The zero-order valence-corrected chi connectivity index (χ0v) is 21.2. The Labute approximate surface area is 214 Å². The lowest BCUT2D eigenvalue weighted by molar-refractivity contribution is -0.124. The van der Waals surface area contributed by atoms with Crippen molar-refractivity contribution in [1.82, 2.24) is 20.4 Å². The van der Waals surface area contributed by atoms with E-state index in [4.69, 9.17) is 0 Å². The average molecular weight is 508 g/mol. The molecule has 9 nitrogen and oxygen atoms in total. The summed E-state index contributed by atoms with van der Waals surface area (Å²) >= 11 is 0. The van der Waals surface area contributed by atoms with E-state index >= 15 is 0 Å². The molecule has 37 heavy (non-hydrogen) atoms. The van der Waals surface area contributed by atoms with E-state index in [1.54, 1.807) is 24.3 Å². The molecule has 1 aromatic heterocycles. The van der Waals surface area contributed by atoms with E-state index in [2.05, 4.69) is 21.0 Å². The van der Waals surface area contributed by atoms with Gasteiger partial charge >= 0.3 is 0 Å². The first kappa shape index (κ1) is 27.3. The molecule has 0 bridgehead atoms. The number of rotatable bonds is 8. The van der Waals surface area contributed by atoms with Gasteiger partial charge in [0.15, 0.2) is 0 Å². The standard InChI is InChI=1S/C27H30FN5O4/c1-17(33-23(34)14-13-22(32-33)18-5-9-20(28)10-6-18)24(35)29-15-16-30-25(36)19-7-11-21(12-8-19)31-26(37)27(2,3)4/h5-14,17H,15-16H2,1-4H3,(H,29,35)(H,30,36)(H,31,37). The molecule has 10 heteroatoms. The van der Waals surface area contributed by atoms with Crippen LogP contribution in [0.2, 0.25) is 0 Å². The maximum absolute atomic E-state index is 13.2. The van der Waals surface area contributed by atoms with Crippen molar-refractivity contribution < 1.29 is 18.8 Å². The fourth-order valence-electron chi connectivity index (χ4n) is 3.22. The van der Waals surface area contributed by atoms with Gasteiger partial charge in [-0.15, -0.1) is 0 Å². The fourth-order valence-corrected chi connectivity index (χ4v) is 3.22. The minimum absolute atomic E-state index is 0.130. The molecule has 0 aliphatic rings. The van der Waals surface area contributed by atoms with Crippen molar-refractivity contribution in [3.63, 3.8) is 0 Å². The third-order valence-corrected chi connectivity index (χ3v) is 5.51. The van der Waals surface area contributed by atoms with E-state index < -0.39 is 28.7 Å². The van der Waals surface area contributed by atoms with Crippen molar-refractivity contribution in [2.75, 3.05) is 18.4 Å². The number of hydrogen-bond donors (Lipinski definition) is 3. The van der Waals surface area contributed by atoms with Crippen LogP contribution in [-0.2, 0) is 9.59 Å². The lowest BCUT2D eigenvalue weighted by Crippen LogP contribution is -2.40. The number of benzene rings is 2. The van der Waals surface area contributed by atoms with Crippen molar-refractivity contribution in [1.29, 1.82) is 0 Å². The molecule has 0 saturated carbocycles. The van der Waals surface area contributed by atoms with Gasteiger partial charge in [-0.2, -0.15) is 5.10 Å². The van der Waals surface area contributed by atoms with E-state index in [9.17, 15) is 23.6 Å². The molecule has 0 fully saturated rings. The molecule has 3 N–H and O–H groups in total. The highest BCUT2D eigenvalue weighted by Crippen LogP contribution is 2.18. The number of hydrogen-bond acceptors (Lipinski definition) is 5. The van der Waals surface area contributed by atoms with Crippen molar-refractivity contribution in [3.05, 3.63) is 82.4 Å². The SMILES string of the molecule is CC(C(=O)NCCNC(=O)c1ccc(NC(=O)C(C)(C)C)cc1)n1nc(-c2ccc(F)cc2)ccc1=O. The Kier molecular flexibility index (Phi) is 8.54. The number of carbonyl (C=O) groups excluding carboxylic acids is 3. The van der Waals surface area contributed by atoms with E-state index in [0.717, 1.165) is 4.68 Å². The summed E-state index contributed by atoms with van der Waals surface area (Å²) in [5, 5.41) is 12.4. The summed E-state index contributed by atoms with van der Waals surface area (Å²) in [6.45, 7) is 7.27. The average Bonchev–Trinajstić information content (AvgIpc) is 2.86. The minimum atomic E-state index is -0.903. The summed E-state index contributed by atoms with van der Waals surface area (Å²) in [7, 11) is 0. The molecule has 194 valence electrons. The molecule has 3 aromatic rings. The smallest absolute Gasteiger partial charge is 0.267 e. The Balaban J connectivity index is 1.51. The molecular formula is C27H30FN5O4. The third kappa shape index (κ3) is 7.33. The van der Waals surface area contributed by atoms with Gasteiger partial charge in [0.2, 0.25) is 11.8 Å². The lowest BCUT2D eigenvalue weighted by Gasteiger charge is -2.17. The van der Waals surface area contributed by atoms with E-state index in [-0.39, 0.29) is 24.9 Å². The summed E-state index contributed by atoms with van der Waals surface area (Å²) in [5.74, 6) is -1.30. The van der Waals surface area contributed by atoms with Crippen LogP contribution in [0, 0.1) is 11.2 Å². The molecule has 0 aliphatic carbocycles. The summed E-state index contributed by atoms with van der Waals surface area (Å²) in [4.78, 5) is 49.3. The Morgan fingerprint density at radius 2 is 1.54 bits per heavy atom. The Morgan fingerprint density at radius 3 is 2.16 bits per heavy atom. The van der Waals surface area contributed by atoms with Crippen molar-refractivity contribution >= 4 is 23.4 Å². The van der Waals surface area contributed by atoms with Gasteiger partial charge in [0, 0.05) is 41.4 Å². The number of anilines is 1. The van der Waals surface area contributed by atoms with Crippen LogP contribution in [0.3, 0.4) is 0 Å². The number of aromatic nitrogens is 2. The molecule has 1 unspecified atom stereocenters. The molecular weight excluding hydrogens is 477 g/mol. The lowest BCUT2D eigenvalue weighted by atomic mass is 9.95. The summed E-state index contributed by atoms with van der Waals surface area (Å²) < 4.78 is 14.3. The maximum Gasteiger partial charge on any atom is 0.267 e. The second-order valence-electron chi connectivity index (χ2n) is 9.51. The molecule has 0 saturated heterocycles. The molecule has 3 amide bonds. The van der Waals surface area contributed by atoms with Gasteiger partial charge in [0.05, 0.1) is 5.69 Å². The monoisotopic (exact) mass is 507 g/mol. The molecule has 0 aliphatic heterocycles. The zero-order valence-electron chi connectivity index (χ0n) is 21.2. The number of carbonyl (C=O) groups is 3. The molecule has 1 atom stereocenters. The van der Waals surface area contributed by atoms with Gasteiger partial charge < -0.3 is 16.0 Å². The van der Waals surface area contributed by atoms with Gasteiger partial charge in [0.25, 0.3) is 11.5 Å². The van der Waals surface area contributed by atoms with Crippen molar-refractivity contribution in [3.8, 4) is 11.3 Å². The predicted octanol–water partition coefficient (Wildman–Crippen LogP) is 3.14. The van der Waals surface area contributed by atoms with E-state index in [1.807, 2.05) is 20.8 Å². The van der Waals surface area contributed by atoms with Crippen LogP contribution in [-0.4, -0.2) is 40.6 Å². The van der Waals surface area contributed by atoms with Crippen LogP contribution in [0.5, 0.6) is 0 Å². The second kappa shape index (κ2) is 11.6. The fraction of sp³-hybridized carbons (Fsp3) is 0.296. The highest BCUT2D eigenvalue weighted by atomic mass is 19.1. The van der Waals surface area contributed by atoms with E-state index in [1.165, 1.54) is 43.3 Å². The van der Waals surface area contributed by atoms with Crippen LogP contribution in [0.4, 0.5) is 10.1 Å². The molecule has 3 rings (SSSR count). The highest BCUT2D eigenvalue weighted by molar-refractivity contribution is 5.97. The number of amides is 3. The van der Waals surface area contributed by atoms with Gasteiger partial charge in [-0.1, -0.05) is 20.8 Å². The van der Waals surface area contributed by atoms with Crippen LogP contribution >= 0.6 is 0 Å². The normalized spacial score (nSPS) is 11.9. The largest absolute Gasteiger partial charge is 0.352 e. The second-order valence-corrected chi connectivity index (χ2v) is 9.51. The first-order valence-electron chi connectivity index (χ1n) is 11.8. The zero-order chi connectivity index (χ0) is 27.2. The number of halogens is 1. The first-order valence-corrected chi connectivity index (χ1v) is 11.8. The molecule has 2 aromatic carbocycles. The maximum atomic E-state index is 13.2. The van der Waals surface area contributed by atoms with E-state index in [0.29, 0.717) is 22.5 Å². The van der Waals surface area contributed by atoms with Crippen LogP contribution in [0.25, 0.3) is 11.3 Å². The highest BCUT2D eigenvalue weighted by Gasteiger charge is 2.21. The molecule has 0 spiro atoms. The van der Waals surface area contributed by atoms with Crippen LogP contribution in [0.1, 0.15) is 44.1 Å². The minimum Gasteiger partial charge on any atom is -0.352 e. The van der Waals surface area contributed by atoms with Crippen molar-refractivity contribution in [2.45, 2.75) is 33.7 Å². The van der Waals surface area contributed by atoms with Gasteiger partial charge in [-0.3, -0.25) is 19.2 Å². The van der Waals surface area contributed by atoms with Crippen LogP contribution < -0.4 is 21.5 Å².